The summed E-state index contributed by atoms with van der Waals surface area (Å²) in [4.78, 5) is 11.2. The summed E-state index contributed by atoms with van der Waals surface area (Å²) in [5.74, 6) is 0.0341. The molecule has 13 heavy (non-hydrogen) atoms. The Kier molecular flexibility index (Phi) is 6.24. The van der Waals surface area contributed by atoms with Gasteiger partial charge in [0.05, 0.1) is 0 Å². The molecule has 0 aromatic carbocycles. The standard InChI is InChI=1S/C10H20N2O/c1-4-9(11)7-10(13)12-6-5-8(2)3/h5,9H,4,6-7,11H2,1-3H3,(H,12,13). The van der Waals surface area contributed by atoms with Gasteiger partial charge in [-0.05, 0) is 20.3 Å². The molecule has 0 saturated heterocycles. The fraction of sp³-hybridized carbons (Fsp3) is 0.700. The first-order chi connectivity index (χ1) is 6.06. The molecule has 1 atom stereocenters. The van der Waals surface area contributed by atoms with Crippen LogP contribution in [0.3, 0.4) is 0 Å². The van der Waals surface area contributed by atoms with Crippen LogP contribution < -0.4 is 11.1 Å². The molecule has 3 N–H and O–H groups in total. The van der Waals surface area contributed by atoms with E-state index in [1.165, 1.54) is 5.57 Å². The predicted molar refractivity (Wildman–Crippen MR) is 55.3 cm³/mol. The second-order valence-electron chi connectivity index (χ2n) is 3.46. The minimum atomic E-state index is -0.00768. The molecule has 0 radical (unpaired) electrons. The number of rotatable bonds is 5. The van der Waals surface area contributed by atoms with Crippen LogP contribution in [-0.4, -0.2) is 18.5 Å². The van der Waals surface area contributed by atoms with E-state index in [0.29, 0.717) is 13.0 Å². The highest BCUT2D eigenvalue weighted by atomic mass is 16.1. The Morgan fingerprint density at radius 1 is 1.54 bits per heavy atom. The quantitative estimate of drug-likeness (QED) is 0.631. The summed E-state index contributed by atoms with van der Waals surface area (Å²) in [6.45, 7) is 6.60. The third-order valence-electron chi connectivity index (χ3n) is 1.78. The van der Waals surface area contributed by atoms with Gasteiger partial charge in [-0.1, -0.05) is 18.6 Å². The van der Waals surface area contributed by atoms with Gasteiger partial charge >= 0.3 is 0 Å². The number of nitrogens with one attached hydrogen (secondary N) is 1. The zero-order chi connectivity index (χ0) is 10.3. The van der Waals surface area contributed by atoms with Gasteiger partial charge in [-0.15, -0.1) is 0 Å². The number of carbonyl (C=O) groups excluding carboxylic acids is 1. The van der Waals surface area contributed by atoms with Crippen LogP contribution in [0.5, 0.6) is 0 Å². The maximum absolute atomic E-state index is 11.2. The number of nitrogens with two attached hydrogens (primary N) is 1. The lowest BCUT2D eigenvalue weighted by molar-refractivity contribution is -0.121. The molecular formula is C10H20N2O. The van der Waals surface area contributed by atoms with Gasteiger partial charge in [-0.25, -0.2) is 0 Å². The minimum absolute atomic E-state index is 0.00768. The summed E-state index contributed by atoms with van der Waals surface area (Å²) in [6.07, 6.45) is 3.25. The van der Waals surface area contributed by atoms with Crippen LogP contribution in [-0.2, 0) is 4.79 Å². The molecule has 0 bridgehead atoms. The molecule has 0 aliphatic carbocycles. The zero-order valence-corrected chi connectivity index (χ0v) is 8.76. The van der Waals surface area contributed by atoms with Crippen molar-refractivity contribution in [1.29, 1.82) is 0 Å². The largest absolute Gasteiger partial charge is 0.353 e. The molecule has 0 heterocycles. The Balaban J connectivity index is 3.58. The second kappa shape index (κ2) is 6.66. The number of allylic oxidation sites excluding steroid dienone is 1. The Morgan fingerprint density at radius 3 is 2.62 bits per heavy atom. The van der Waals surface area contributed by atoms with E-state index >= 15 is 0 Å². The topological polar surface area (TPSA) is 55.1 Å². The molecule has 0 fully saturated rings. The van der Waals surface area contributed by atoms with Crippen LogP contribution >= 0.6 is 0 Å². The van der Waals surface area contributed by atoms with Crippen LogP contribution in [0.15, 0.2) is 11.6 Å². The minimum Gasteiger partial charge on any atom is -0.353 e. The van der Waals surface area contributed by atoms with Crippen molar-refractivity contribution >= 4 is 5.91 Å². The van der Waals surface area contributed by atoms with Gasteiger partial charge in [0.2, 0.25) is 5.91 Å². The fourth-order valence-electron chi connectivity index (χ4n) is 0.824. The van der Waals surface area contributed by atoms with Crippen LogP contribution in [0.1, 0.15) is 33.6 Å². The first-order valence-electron chi connectivity index (χ1n) is 4.72. The van der Waals surface area contributed by atoms with Gasteiger partial charge < -0.3 is 11.1 Å². The Labute approximate surface area is 80.4 Å². The van der Waals surface area contributed by atoms with Crippen LogP contribution in [0.25, 0.3) is 0 Å². The smallest absolute Gasteiger partial charge is 0.221 e. The summed E-state index contributed by atoms with van der Waals surface area (Å²) >= 11 is 0. The lowest BCUT2D eigenvalue weighted by Crippen LogP contribution is -2.31. The highest BCUT2D eigenvalue weighted by Crippen LogP contribution is 1.93. The predicted octanol–water partition coefficient (Wildman–Crippen LogP) is 1.20. The maximum Gasteiger partial charge on any atom is 0.221 e. The molecule has 76 valence electrons. The van der Waals surface area contributed by atoms with E-state index in [0.717, 1.165) is 6.42 Å². The van der Waals surface area contributed by atoms with Crippen molar-refractivity contribution in [2.75, 3.05) is 6.54 Å². The average Bonchev–Trinajstić information content (AvgIpc) is 2.03. The summed E-state index contributed by atoms with van der Waals surface area (Å²) in [7, 11) is 0. The van der Waals surface area contributed by atoms with E-state index in [9.17, 15) is 4.79 Å². The number of amides is 1. The van der Waals surface area contributed by atoms with E-state index in [1.807, 2.05) is 26.8 Å². The normalized spacial score (nSPS) is 12.0. The highest BCUT2D eigenvalue weighted by Gasteiger charge is 2.05. The number of carbonyl (C=O) groups is 1. The maximum atomic E-state index is 11.2. The van der Waals surface area contributed by atoms with Crippen molar-refractivity contribution in [2.24, 2.45) is 5.73 Å². The van der Waals surface area contributed by atoms with Crippen molar-refractivity contribution in [2.45, 2.75) is 39.7 Å². The second-order valence-corrected chi connectivity index (χ2v) is 3.46. The average molecular weight is 184 g/mol. The van der Waals surface area contributed by atoms with Crippen molar-refractivity contribution in [1.82, 2.24) is 5.32 Å². The lowest BCUT2D eigenvalue weighted by atomic mass is 10.1. The number of hydrogen-bond donors (Lipinski definition) is 2. The molecule has 0 rings (SSSR count). The molecule has 0 spiro atoms. The first-order valence-corrected chi connectivity index (χ1v) is 4.72. The summed E-state index contributed by atoms with van der Waals surface area (Å²) in [5.41, 5.74) is 6.84. The van der Waals surface area contributed by atoms with Crippen molar-refractivity contribution < 1.29 is 4.79 Å². The van der Waals surface area contributed by atoms with Gasteiger partial charge in [0.25, 0.3) is 0 Å². The van der Waals surface area contributed by atoms with Gasteiger partial charge in [0.15, 0.2) is 0 Å². The van der Waals surface area contributed by atoms with Gasteiger partial charge in [-0.3, -0.25) is 4.79 Å². The van der Waals surface area contributed by atoms with Crippen molar-refractivity contribution in [3.05, 3.63) is 11.6 Å². The van der Waals surface area contributed by atoms with E-state index in [1.54, 1.807) is 0 Å². The van der Waals surface area contributed by atoms with Gasteiger partial charge in [0, 0.05) is 19.0 Å². The molecule has 3 heteroatoms. The molecule has 0 saturated carbocycles. The molecular weight excluding hydrogens is 164 g/mol. The van der Waals surface area contributed by atoms with Crippen molar-refractivity contribution in [3.63, 3.8) is 0 Å². The van der Waals surface area contributed by atoms with E-state index in [-0.39, 0.29) is 11.9 Å². The van der Waals surface area contributed by atoms with Crippen LogP contribution in [0.2, 0.25) is 0 Å². The van der Waals surface area contributed by atoms with Crippen molar-refractivity contribution in [3.8, 4) is 0 Å². The van der Waals surface area contributed by atoms with Gasteiger partial charge in [0.1, 0.15) is 0 Å². The molecule has 0 aromatic rings. The fourth-order valence-corrected chi connectivity index (χ4v) is 0.824. The first kappa shape index (κ1) is 12.2. The summed E-state index contributed by atoms with van der Waals surface area (Å²) < 4.78 is 0. The third-order valence-corrected chi connectivity index (χ3v) is 1.78. The summed E-state index contributed by atoms with van der Waals surface area (Å²) in [6, 6.07) is -0.00768. The lowest BCUT2D eigenvalue weighted by Gasteiger charge is -2.07. The SMILES string of the molecule is CCC(N)CC(=O)NCC=C(C)C. The van der Waals surface area contributed by atoms with E-state index < -0.39 is 0 Å². The molecule has 1 amide bonds. The van der Waals surface area contributed by atoms with Crippen LogP contribution in [0.4, 0.5) is 0 Å². The van der Waals surface area contributed by atoms with Gasteiger partial charge in [-0.2, -0.15) is 0 Å². The highest BCUT2D eigenvalue weighted by molar-refractivity contribution is 5.76. The molecule has 0 aliphatic heterocycles. The number of hydrogen-bond acceptors (Lipinski definition) is 2. The Morgan fingerprint density at radius 2 is 2.15 bits per heavy atom. The monoisotopic (exact) mass is 184 g/mol. The molecule has 0 aliphatic rings. The van der Waals surface area contributed by atoms with Crippen LogP contribution in [0, 0.1) is 0 Å². The Hall–Kier alpha value is -0.830. The van der Waals surface area contributed by atoms with E-state index in [2.05, 4.69) is 5.32 Å². The zero-order valence-electron chi connectivity index (χ0n) is 8.76. The molecule has 3 nitrogen and oxygen atoms in total. The molecule has 0 aromatic heterocycles. The Bertz CT molecular complexity index is 183. The molecule has 1 unspecified atom stereocenters. The summed E-state index contributed by atoms with van der Waals surface area (Å²) in [5, 5.41) is 2.78. The third kappa shape index (κ3) is 7.53. The van der Waals surface area contributed by atoms with E-state index in [4.69, 9.17) is 5.73 Å².